The molecule has 0 saturated carbocycles. The molecule has 2 aromatic carbocycles. The molecule has 0 amide bonds. The molecule has 2 aromatic rings. The molecule has 1 N–H and O–H groups in total. The topological polar surface area (TPSA) is 46.5 Å². The standard InChI is InChI=1S/C18H20O3S/c19-18(20)17-10-8-15(9-11-17)7-4-12-22-14-21-13-16-5-2-1-3-6-16/h1-3,5-6,8-11H,4,7,12-14H2,(H,19,20). The van der Waals surface area contributed by atoms with Crippen LogP contribution in [0.3, 0.4) is 0 Å². The van der Waals surface area contributed by atoms with Gasteiger partial charge in [-0.3, -0.25) is 0 Å². The Morgan fingerprint density at radius 2 is 1.73 bits per heavy atom. The third-order valence-electron chi connectivity index (χ3n) is 3.23. The lowest BCUT2D eigenvalue weighted by Crippen LogP contribution is -1.97. The Hall–Kier alpha value is -1.78. The summed E-state index contributed by atoms with van der Waals surface area (Å²) in [5.41, 5.74) is 2.71. The van der Waals surface area contributed by atoms with E-state index in [4.69, 9.17) is 9.84 Å². The van der Waals surface area contributed by atoms with E-state index in [2.05, 4.69) is 12.1 Å². The van der Waals surface area contributed by atoms with Crippen LogP contribution in [0.2, 0.25) is 0 Å². The molecule has 0 aliphatic carbocycles. The van der Waals surface area contributed by atoms with Crippen LogP contribution in [0.15, 0.2) is 54.6 Å². The van der Waals surface area contributed by atoms with E-state index in [0.717, 1.165) is 18.6 Å². The Kier molecular flexibility index (Phi) is 7.00. The smallest absolute Gasteiger partial charge is 0.335 e. The van der Waals surface area contributed by atoms with E-state index in [1.807, 2.05) is 30.3 Å². The third-order valence-corrected chi connectivity index (χ3v) is 4.14. The molecule has 0 heterocycles. The Bertz CT molecular complexity index is 567. The van der Waals surface area contributed by atoms with Gasteiger partial charge >= 0.3 is 5.97 Å². The van der Waals surface area contributed by atoms with Crippen molar-refractivity contribution in [2.24, 2.45) is 0 Å². The molecule has 0 saturated heterocycles. The summed E-state index contributed by atoms with van der Waals surface area (Å²) in [6.45, 7) is 0.657. The maximum atomic E-state index is 10.8. The number of hydrogen-bond donors (Lipinski definition) is 1. The summed E-state index contributed by atoms with van der Waals surface area (Å²) in [5, 5.41) is 8.84. The van der Waals surface area contributed by atoms with E-state index >= 15 is 0 Å². The van der Waals surface area contributed by atoms with Crippen LogP contribution >= 0.6 is 11.8 Å². The minimum Gasteiger partial charge on any atom is -0.478 e. The fourth-order valence-corrected chi connectivity index (χ4v) is 2.71. The van der Waals surface area contributed by atoms with E-state index in [0.29, 0.717) is 18.1 Å². The molecule has 0 spiro atoms. The second-order valence-electron chi connectivity index (χ2n) is 4.97. The highest BCUT2D eigenvalue weighted by atomic mass is 32.2. The summed E-state index contributed by atoms with van der Waals surface area (Å²) >= 11 is 1.78. The average Bonchev–Trinajstić information content (AvgIpc) is 2.55. The quantitative estimate of drug-likeness (QED) is 0.555. The number of carboxylic acids is 1. The molecule has 0 radical (unpaired) electrons. The summed E-state index contributed by atoms with van der Waals surface area (Å²) in [6, 6.07) is 17.3. The van der Waals surface area contributed by atoms with Gasteiger partial charge in [0.2, 0.25) is 0 Å². The maximum absolute atomic E-state index is 10.8. The Balaban J connectivity index is 1.55. The lowest BCUT2D eigenvalue weighted by molar-refractivity contribution is 0.0697. The van der Waals surface area contributed by atoms with Gasteiger partial charge in [0.25, 0.3) is 0 Å². The number of rotatable bonds is 9. The van der Waals surface area contributed by atoms with Gasteiger partial charge in [0.15, 0.2) is 0 Å². The number of aromatic carboxylic acids is 1. The van der Waals surface area contributed by atoms with Crippen molar-refractivity contribution in [3.63, 3.8) is 0 Å². The molecule has 0 bridgehead atoms. The molecule has 0 unspecified atom stereocenters. The van der Waals surface area contributed by atoms with Crippen LogP contribution < -0.4 is 0 Å². The Morgan fingerprint density at radius 3 is 2.41 bits per heavy atom. The first-order valence-electron chi connectivity index (χ1n) is 7.27. The number of aryl methyl sites for hydroxylation is 1. The van der Waals surface area contributed by atoms with Crippen molar-refractivity contribution in [3.05, 3.63) is 71.3 Å². The van der Waals surface area contributed by atoms with Gasteiger partial charge in [0, 0.05) is 0 Å². The molecule has 0 aliphatic heterocycles. The first kappa shape index (κ1) is 16.6. The van der Waals surface area contributed by atoms with E-state index in [9.17, 15) is 4.79 Å². The third kappa shape index (κ3) is 5.92. The van der Waals surface area contributed by atoms with Gasteiger partial charge in [-0.2, -0.15) is 0 Å². The fraction of sp³-hybridized carbons (Fsp3) is 0.278. The summed E-state index contributed by atoms with van der Waals surface area (Å²) in [7, 11) is 0. The number of ether oxygens (including phenoxy) is 1. The largest absolute Gasteiger partial charge is 0.478 e. The SMILES string of the molecule is O=C(O)c1ccc(CCCSCOCc2ccccc2)cc1. The minimum absolute atomic E-state index is 0.340. The number of carboxylic acid groups (broad SMARTS) is 1. The van der Waals surface area contributed by atoms with Crippen molar-refractivity contribution in [1.29, 1.82) is 0 Å². The van der Waals surface area contributed by atoms with E-state index in [1.54, 1.807) is 23.9 Å². The highest BCUT2D eigenvalue weighted by Gasteiger charge is 2.01. The predicted molar refractivity (Wildman–Crippen MR) is 90.3 cm³/mol. The van der Waals surface area contributed by atoms with Crippen LogP contribution in [0.5, 0.6) is 0 Å². The molecule has 116 valence electrons. The van der Waals surface area contributed by atoms with Crippen LogP contribution in [0.25, 0.3) is 0 Å². The van der Waals surface area contributed by atoms with E-state index in [1.165, 1.54) is 11.1 Å². The molecule has 22 heavy (non-hydrogen) atoms. The van der Waals surface area contributed by atoms with Gasteiger partial charge in [-0.1, -0.05) is 42.5 Å². The molecule has 0 fully saturated rings. The lowest BCUT2D eigenvalue weighted by Gasteiger charge is -2.05. The van der Waals surface area contributed by atoms with Crippen molar-refractivity contribution in [2.45, 2.75) is 19.4 Å². The summed E-state index contributed by atoms with van der Waals surface area (Å²) in [6.07, 6.45) is 2.03. The molecular formula is C18H20O3S. The monoisotopic (exact) mass is 316 g/mol. The van der Waals surface area contributed by atoms with Crippen LogP contribution in [-0.4, -0.2) is 22.8 Å². The van der Waals surface area contributed by atoms with Gasteiger partial charge in [0.05, 0.1) is 18.1 Å². The number of carbonyl (C=O) groups is 1. The number of benzene rings is 2. The molecule has 3 nitrogen and oxygen atoms in total. The van der Waals surface area contributed by atoms with Crippen molar-refractivity contribution in [3.8, 4) is 0 Å². The van der Waals surface area contributed by atoms with Gasteiger partial charge in [-0.25, -0.2) is 4.79 Å². The minimum atomic E-state index is -0.877. The van der Waals surface area contributed by atoms with Gasteiger partial charge in [-0.15, -0.1) is 11.8 Å². The second kappa shape index (κ2) is 9.28. The summed E-state index contributed by atoms with van der Waals surface area (Å²) in [4.78, 5) is 10.8. The van der Waals surface area contributed by atoms with Crippen LogP contribution in [-0.2, 0) is 17.8 Å². The molecule has 0 aromatic heterocycles. The van der Waals surface area contributed by atoms with Gasteiger partial charge in [0.1, 0.15) is 0 Å². The molecule has 2 rings (SSSR count). The van der Waals surface area contributed by atoms with Crippen molar-refractivity contribution in [2.75, 3.05) is 11.7 Å². The lowest BCUT2D eigenvalue weighted by atomic mass is 10.1. The number of hydrogen-bond acceptors (Lipinski definition) is 3. The molecule has 0 atom stereocenters. The highest BCUT2D eigenvalue weighted by Crippen LogP contribution is 2.11. The maximum Gasteiger partial charge on any atom is 0.335 e. The molecule has 4 heteroatoms. The van der Waals surface area contributed by atoms with Crippen molar-refractivity contribution >= 4 is 17.7 Å². The molecule has 0 aliphatic rings. The van der Waals surface area contributed by atoms with Gasteiger partial charge < -0.3 is 9.84 Å². The summed E-state index contributed by atoms with van der Waals surface area (Å²) < 4.78 is 5.61. The Morgan fingerprint density at radius 1 is 1.00 bits per heavy atom. The van der Waals surface area contributed by atoms with Crippen molar-refractivity contribution < 1.29 is 14.6 Å². The highest BCUT2D eigenvalue weighted by molar-refractivity contribution is 7.99. The van der Waals surface area contributed by atoms with Crippen LogP contribution in [0.1, 0.15) is 27.9 Å². The van der Waals surface area contributed by atoms with Gasteiger partial charge in [-0.05, 0) is 41.9 Å². The van der Waals surface area contributed by atoms with E-state index in [-0.39, 0.29) is 0 Å². The van der Waals surface area contributed by atoms with Crippen molar-refractivity contribution in [1.82, 2.24) is 0 Å². The second-order valence-corrected chi connectivity index (χ2v) is 6.02. The van der Waals surface area contributed by atoms with E-state index < -0.39 is 5.97 Å². The predicted octanol–water partition coefficient (Wildman–Crippen LogP) is 4.22. The zero-order valence-electron chi connectivity index (χ0n) is 12.4. The Labute approximate surface area is 135 Å². The van der Waals surface area contributed by atoms with Crippen LogP contribution in [0, 0.1) is 0 Å². The normalized spacial score (nSPS) is 10.5. The fourth-order valence-electron chi connectivity index (χ4n) is 2.04. The average molecular weight is 316 g/mol. The molecular weight excluding hydrogens is 296 g/mol. The van der Waals surface area contributed by atoms with Crippen LogP contribution in [0.4, 0.5) is 0 Å². The first-order chi connectivity index (χ1) is 10.8. The number of thioether (sulfide) groups is 1. The summed E-state index contributed by atoms with van der Waals surface area (Å²) in [5.74, 6) is 0.861. The zero-order valence-corrected chi connectivity index (χ0v) is 13.2. The zero-order chi connectivity index (χ0) is 15.6. The first-order valence-corrected chi connectivity index (χ1v) is 8.43.